The quantitative estimate of drug-likeness (QED) is 0.637. The van der Waals surface area contributed by atoms with Gasteiger partial charge in [-0.3, -0.25) is 0 Å². The van der Waals surface area contributed by atoms with Crippen molar-refractivity contribution in [3.05, 3.63) is 46.6 Å². The van der Waals surface area contributed by atoms with E-state index in [1.54, 1.807) is 6.07 Å². The zero-order valence-corrected chi connectivity index (χ0v) is 12.2. The van der Waals surface area contributed by atoms with E-state index in [-0.39, 0.29) is 5.76 Å². The predicted molar refractivity (Wildman–Crippen MR) is 76.0 cm³/mol. The van der Waals surface area contributed by atoms with Crippen LogP contribution < -0.4 is 4.74 Å². The summed E-state index contributed by atoms with van der Waals surface area (Å²) in [5.74, 6) is 0.368. The minimum Gasteiger partial charge on any atom is -0.493 e. The lowest BCUT2D eigenvalue weighted by molar-refractivity contribution is 0.0656. The fourth-order valence-electron chi connectivity index (χ4n) is 1.37. The molecule has 0 aliphatic heterocycles. The number of ether oxygens (including phenoxy) is 1. The third kappa shape index (κ3) is 4.33. The SMILES string of the molecule is O=C(O)c1ccc(SCCOc2cccc(Br)c2)o1. The van der Waals surface area contributed by atoms with Crippen LogP contribution >= 0.6 is 27.7 Å². The van der Waals surface area contributed by atoms with Crippen LogP contribution in [-0.4, -0.2) is 23.4 Å². The van der Waals surface area contributed by atoms with Gasteiger partial charge in [-0.15, -0.1) is 0 Å². The number of halogens is 1. The Hall–Kier alpha value is -1.40. The van der Waals surface area contributed by atoms with Crippen molar-refractivity contribution in [3.63, 3.8) is 0 Å². The molecule has 19 heavy (non-hydrogen) atoms. The van der Waals surface area contributed by atoms with E-state index in [4.69, 9.17) is 14.3 Å². The van der Waals surface area contributed by atoms with E-state index in [1.807, 2.05) is 24.3 Å². The van der Waals surface area contributed by atoms with Gasteiger partial charge in [-0.2, -0.15) is 0 Å². The molecular formula is C13H11BrO4S. The second-order valence-corrected chi connectivity index (χ2v) is 5.59. The molecule has 2 rings (SSSR count). The second-order valence-electron chi connectivity index (χ2n) is 3.58. The summed E-state index contributed by atoms with van der Waals surface area (Å²) in [5, 5.41) is 9.29. The highest BCUT2D eigenvalue weighted by Gasteiger charge is 2.08. The molecule has 0 saturated carbocycles. The molecule has 0 bridgehead atoms. The minimum atomic E-state index is -1.06. The van der Waals surface area contributed by atoms with Crippen molar-refractivity contribution >= 4 is 33.7 Å². The summed E-state index contributed by atoms with van der Waals surface area (Å²) in [6, 6.07) is 10.7. The van der Waals surface area contributed by atoms with Crippen LogP contribution in [0.15, 0.2) is 50.4 Å². The molecule has 100 valence electrons. The average Bonchev–Trinajstić information content (AvgIpc) is 2.84. The van der Waals surface area contributed by atoms with Crippen molar-refractivity contribution in [2.24, 2.45) is 0 Å². The number of hydrogen-bond donors (Lipinski definition) is 1. The van der Waals surface area contributed by atoms with Crippen LogP contribution in [-0.2, 0) is 0 Å². The van der Waals surface area contributed by atoms with E-state index in [0.717, 1.165) is 10.2 Å². The summed E-state index contributed by atoms with van der Waals surface area (Å²) in [4.78, 5) is 10.6. The lowest BCUT2D eigenvalue weighted by atomic mass is 10.3. The largest absolute Gasteiger partial charge is 0.493 e. The Morgan fingerprint density at radius 1 is 1.37 bits per heavy atom. The van der Waals surface area contributed by atoms with Crippen LogP contribution in [0.25, 0.3) is 0 Å². The molecular weight excluding hydrogens is 332 g/mol. The Bertz CT molecular complexity index is 567. The number of thioether (sulfide) groups is 1. The van der Waals surface area contributed by atoms with Crippen molar-refractivity contribution in [3.8, 4) is 5.75 Å². The van der Waals surface area contributed by atoms with Gasteiger partial charge >= 0.3 is 5.97 Å². The molecule has 0 aliphatic rings. The number of carboxylic acids is 1. The van der Waals surface area contributed by atoms with Crippen LogP contribution in [0.4, 0.5) is 0 Å². The van der Waals surface area contributed by atoms with Gasteiger partial charge in [0.2, 0.25) is 5.76 Å². The number of hydrogen-bond acceptors (Lipinski definition) is 4. The Kier molecular flexibility index (Phi) is 4.93. The van der Waals surface area contributed by atoms with E-state index in [0.29, 0.717) is 17.5 Å². The van der Waals surface area contributed by atoms with Gasteiger partial charge in [-0.25, -0.2) is 4.79 Å². The van der Waals surface area contributed by atoms with Crippen LogP contribution in [0.2, 0.25) is 0 Å². The molecule has 1 aromatic carbocycles. The zero-order chi connectivity index (χ0) is 13.7. The lowest BCUT2D eigenvalue weighted by Crippen LogP contribution is -1.99. The number of benzene rings is 1. The third-order valence-electron chi connectivity index (χ3n) is 2.18. The molecule has 1 heterocycles. The predicted octanol–water partition coefficient (Wildman–Crippen LogP) is 3.91. The van der Waals surface area contributed by atoms with Crippen molar-refractivity contribution in [1.29, 1.82) is 0 Å². The van der Waals surface area contributed by atoms with Crippen molar-refractivity contribution in [1.82, 2.24) is 0 Å². The fourth-order valence-corrected chi connectivity index (χ4v) is 2.43. The molecule has 0 aliphatic carbocycles. The summed E-state index contributed by atoms with van der Waals surface area (Å²) in [6.07, 6.45) is 0. The van der Waals surface area contributed by atoms with Gasteiger partial charge in [-0.1, -0.05) is 33.8 Å². The summed E-state index contributed by atoms with van der Waals surface area (Å²) in [6.45, 7) is 0.518. The average molecular weight is 343 g/mol. The van der Waals surface area contributed by atoms with Crippen molar-refractivity contribution in [2.75, 3.05) is 12.4 Å². The van der Waals surface area contributed by atoms with Gasteiger partial charge in [0, 0.05) is 10.2 Å². The fraction of sp³-hybridized carbons (Fsp3) is 0.154. The van der Waals surface area contributed by atoms with E-state index < -0.39 is 5.97 Å². The number of rotatable bonds is 6. The maximum Gasteiger partial charge on any atom is 0.371 e. The minimum absolute atomic E-state index is 0.0459. The van der Waals surface area contributed by atoms with Gasteiger partial charge in [-0.05, 0) is 30.3 Å². The summed E-state index contributed by atoms with van der Waals surface area (Å²) < 4.78 is 11.6. The van der Waals surface area contributed by atoms with E-state index in [1.165, 1.54) is 17.8 Å². The van der Waals surface area contributed by atoms with E-state index >= 15 is 0 Å². The molecule has 6 heteroatoms. The van der Waals surface area contributed by atoms with Crippen molar-refractivity contribution < 1.29 is 19.1 Å². The molecule has 0 spiro atoms. The highest BCUT2D eigenvalue weighted by molar-refractivity contribution is 9.10. The van der Waals surface area contributed by atoms with E-state index in [2.05, 4.69) is 15.9 Å². The lowest BCUT2D eigenvalue weighted by Gasteiger charge is -2.05. The molecule has 1 aromatic heterocycles. The standard InChI is InChI=1S/C13H11BrO4S/c14-9-2-1-3-10(8-9)17-6-7-19-12-5-4-11(18-12)13(15)16/h1-5,8H,6-7H2,(H,15,16). The Morgan fingerprint density at radius 2 is 2.21 bits per heavy atom. The first-order valence-electron chi connectivity index (χ1n) is 5.49. The summed E-state index contributed by atoms with van der Waals surface area (Å²) in [7, 11) is 0. The third-order valence-corrected chi connectivity index (χ3v) is 3.55. The van der Waals surface area contributed by atoms with Crippen LogP contribution in [0.5, 0.6) is 5.75 Å². The van der Waals surface area contributed by atoms with Crippen LogP contribution in [0.1, 0.15) is 10.6 Å². The molecule has 1 N–H and O–H groups in total. The van der Waals surface area contributed by atoms with Crippen LogP contribution in [0.3, 0.4) is 0 Å². The molecule has 0 atom stereocenters. The molecule has 0 amide bonds. The molecule has 0 unspecified atom stereocenters. The Morgan fingerprint density at radius 3 is 2.89 bits per heavy atom. The normalized spacial score (nSPS) is 10.4. The number of furan rings is 1. The molecule has 0 saturated heterocycles. The van der Waals surface area contributed by atoms with Crippen LogP contribution in [0, 0.1) is 0 Å². The molecule has 2 aromatic rings. The maximum atomic E-state index is 10.6. The van der Waals surface area contributed by atoms with Gasteiger partial charge in [0.1, 0.15) is 5.75 Å². The first kappa shape index (κ1) is 14.0. The number of carboxylic acid groups (broad SMARTS) is 1. The molecule has 0 fully saturated rings. The monoisotopic (exact) mass is 342 g/mol. The topological polar surface area (TPSA) is 59.7 Å². The highest BCUT2D eigenvalue weighted by atomic mass is 79.9. The zero-order valence-electron chi connectivity index (χ0n) is 9.84. The summed E-state index contributed by atoms with van der Waals surface area (Å²) in [5.41, 5.74) is 0. The van der Waals surface area contributed by atoms with E-state index in [9.17, 15) is 4.79 Å². The van der Waals surface area contributed by atoms with Gasteiger partial charge < -0.3 is 14.3 Å². The smallest absolute Gasteiger partial charge is 0.371 e. The first-order chi connectivity index (χ1) is 9.15. The Balaban J connectivity index is 1.76. The summed E-state index contributed by atoms with van der Waals surface area (Å²) >= 11 is 4.78. The molecule has 0 radical (unpaired) electrons. The maximum absolute atomic E-state index is 10.6. The first-order valence-corrected chi connectivity index (χ1v) is 7.27. The second kappa shape index (κ2) is 6.68. The van der Waals surface area contributed by atoms with Gasteiger partial charge in [0.25, 0.3) is 0 Å². The molecule has 4 nitrogen and oxygen atoms in total. The van der Waals surface area contributed by atoms with Crippen molar-refractivity contribution in [2.45, 2.75) is 5.09 Å². The number of aromatic carboxylic acids is 1. The van der Waals surface area contributed by atoms with Gasteiger partial charge in [0.05, 0.1) is 6.61 Å². The highest BCUT2D eigenvalue weighted by Crippen LogP contribution is 2.22. The Labute approximate surface area is 122 Å². The van der Waals surface area contributed by atoms with Gasteiger partial charge in [0.15, 0.2) is 5.09 Å². The number of carbonyl (C=O) groups is 1.